The highest BCUT2D eigenvalue weighted by Crippen LogP contribution is 2.43. The summed E-state index contributed by atoms with van der Waals surface area (Å²) in [5.74, 6) is 0.350. The Hall–Kier alpha value is -2.56. The Morgan fingerprint density at radius 3 is 1.79 bits per heavy atom. The van der Waals surface area contributed by atoms with E-state index >= 15 is 0 Å². The van der Waals surface area contributed by atoms with Crippen LogP contribution in [0, 0.1) is 10.8 Å². The summed E-state index contributed by atoms with van der Waals surface area (Å²) in [5, 5.41) is 1.32. The first-order chi connectivity index (χ1) is 12.8. The maximum Gasteiger partial charge on any atom is 0.316 e. The van der Waals surface area contributed by atoms with Gasteiger partial charge in [-0.05, 0) is 55.4 Å². The normalized spacial score (nSPS) is 12.2. The van der Waals surface area contributed by atoms with Gasteiger partial charge in [-0.1, -0.05) is 24.3 Å². The highest BCUT2D eigenvalue weighted by Gasteiger charge is 2.29. The molecule has 0 fully saturated rings. The monoisotopic (exact) mass is 386 g/mol. The molecule has 5 nitrogen and oxygen atoms in total. The van der Waals surface area contributed by atoms with E-state index in [0.29, 0.717) is 28.0 Å². The van der Waals surface area contributed by atoms with Crippen molar-refractivity contribution in [1.29, 1.82) is 0 Å². The lowest BCUT2D eigenvalue weighted by atomic mass is 9.97. The molecule has 2 aromatic carbocycles. The number of carbonyl (C=O) groups excluding carboxylic acids is 2. The molecule has 5 heteroatoms. The van der Waals surface area contributed by atoms with Crippen LogP contribution in [-0.4, -0.2) is 18.0 Å². The summed E-state index contributed by atoms with van der Waals surface area (Å²) in [6.07, 6.45) is -0.153. The van der Waals surface area contributed by atoms with Gasteiger partial charge in [-0.15, -0.1) is 0 Å². The second-order valence-corrected chi connectivity index (χ2v) is 9.19. The third kappa shape index (κ3) is 5.03. The second-order valence-electron chi connectivity index (χ2n) is 9.19. The summed E-state index contributed by atoms with van der Waals surface area (Å²) < 4.78 is 17.3. The van der Waals surface area contributed by atoms with E-state index in [1.54, 1.807) is 47.6 Å². The molecule has 0 aliphatic rings. The lowest BCUT2D eigenvalue weighted by Crippen LogP contribution is -2.26. The summed E-state index contributed by atoms with van der Waals surface area (Å²) in [6, 6.07) is 8.95. The molecule has 0 bridgehead atoms. The quantitative estimate of drug-likeness (QED) is 0.511. The molecule has 0 aliphatic carbocycles. The van der Waals surface area contributed by atoms with Gasteiger partial charge in [-0.3, -0.25) is 9.59 Å². The molecule has 0 spiro atoms. The van der Waals surface area contributed by atoms with Crippen molar-refractivity contribution in [2.45, 2.75) is 61.5 Å². The van der Waals surface area contributed by atoms with E-state index in [1.165, 1.54) is 0 Å². The minimum atomic E-state index is -0.673. The molecule has 0 aliphatic heterocycles. The van der Waals surface area contributed by atoms with Crippen molar-refractivity contribution >= 4 is 22.7 Å². The van der Waals surface area contributed by atoms with E-state index in [-0.39, 0.29) is 18.0 Å². The fourth-order valence-electron chi connectivity index (χ4n) is 2.32. The third-order valence-corrected chi connectivity index (χ3v) is 3.91. The van der Waals surface area contributed by atoms with E-state index in [2.05, 4.69) is 0 Å². The van der Waals surface area contributed by atoms with E-state index in [9.17, 15) is 9.59 Å². The Kier molecular flexibility index (Phi) is 6.07. The van der Waals surface area contributed by atoms with Gasteiger partial charge in [0.25, 0.3) is 0 Å². The van der Waals surface area contributed by atoms with Crippen molar-refractivity contribution in [2.75, 3.05) is 0 Å². The highest BCUT2D eigenvalue weighted by atomic mass is 16.6. The highest BCUT2D eigenvalue weighted by molar-refractivity contribution is 5.98. The first-order valence-electron chi connectivity index (χ1n) is 9.47. The molecule has 2 aromatic rings. The molecule has 152 valence electrons. The number of hydrogen-bond donors (Lipinski definition) is 0. The molecule has 0 saturated heterocycles. The van der Waals surface area contributed by atoms with Gasteiger partial charge in [0, 0.05) is 16.8 Å². The Balaban J connectivity index is 2.66. The Morgan fingerprint density at radius 1 is 0.786 bits per heavy atom. The molecular formula is C23H30O5. The fourth-order valence-corrected chi connectivity index (χ4v) is 2.32. The van der Waals surface area contributed by atoms with E-state index in [1.807, 2.05) is 38.1 Å². The Bertz CT molecular complexity index is 882. The number of fused-ring (bicyclic) bond motifs is 1. The molecule has 0 atom stereocenters. The summed E-state index contributed by atoms with van der Waals surface area (Å²) >= 11 is 0. The molecule has 0 N–H and O–H groups in total. The van der Waals surface area contributed by atoms with Crippen molar-refractivity contribution in [3.05, 3.63) is 30.3 Å². The van der Waals surface area contributed by atoms with Crippen LogP contribution in [0.25, 0.3) is 10.8 Å². The minimum Gasteiger partial charge on any atom is -0.487 e. The van der Waals surface area contributed by atoms with Gasteiger partial charge in [-0.25, -0.2) is 0 Å². The van der Waals surface area contributed by atoms with Gasteiger partial charge in [-0.2, -0.15) is 0 Å². The molecule has 0 saturated carbocycles. The van der Waals surface area contributed by atoms with Crippen LogP contribution in [-0.2, 0) is 9.59 Å². The zero-order valence-electron chi connectivity index (χ0n) is 18.0. The number of benzene rings is 2. The van der Waals surface area contributed by atoms with Gasteiger partial charge in [0.05, 0.1) is 16.9 Å². The predicted molar refractivity (Wildman–Crippen MR) is 110 cm³/mol. The van der Waals surface area contributed by atoms with Crippen molar-refractivity contribution in [3.8, 4) is 17.2 Å². The molecule has 28 heavy (non-hydrogen) atoms. The number of ether oxygens (including phenoxy) is 3. The van der Waals surface area contributed by atoms with Gasteiger partial charge in [0.15, 0.2) is 11.5 Å². The molecule has 2 rings (SSSR count). The molecular weight excluding hydrogens is 356 g/mol. The number of rotatable bonds is 4. The first kappa shape index (κ1) is 21.7. The molecule has 0 radical (unpaired) electrons. The maximum absolute atomic E-state index is 12.5. The lowest BCUT2D eigenvalue weighted by molar-refractivity contribution is -0.143. The minimum absolute atomic E-state index is 0.153. The number of carbonyl (C=O) groups is 2. The molecule has 0 amide bonds. The van der Waals surface area contributed by atoms with E-state index in [0.717, 1.165) is 0 Å². The Labute approximate surface area is 167 Å². The van der Waals surface area contributed by atoms with Crippen LogP contribution in [0.5, 0.6) is 17.2 Å². The first-order valence-corrected chi connectivity index (χ1v) is 9.47. The SMILES string of the molecule is CC(C)Oc1cc(OC(=O)C(C)(C)C)c2ccccc2c1OC(=O)C(C)(C)C. The summed E-state index contributed by atoms with van der Waals surface area (Å²) in [5.41, 5.74) is -1.33. The average Bonchev–Trinajstić information content (AvgIpc) is 2.55. The smallest absolute Gasteiger partial charge is 0.316 e. The number of hydrogen-bond acceptors (Lipinski definition) is 5. The second kappa shape index (κ2) is 7.82. The summed E-state index contributed by atoms with van der Waals surface area (Å²) in [7, 11) is 0. The van der Waals surface area contributed by atoms with Crippen LogP contribution in [0.15, 0.2) is 30.3 Å². The van der Waals surface area contributed by atoms with Crippen molar-refractivity contribution in [3.63, 3.8) is 0 Å². The van der Waals surface area contributed by atoms with Crippen molar-refractivity contribution < 1.29 is 23.8 Å². The maximum atomic E-state index is 12.5. The third-order valence-electron chi connectivity index (χ3n) is 3.91. The molecule has 0 aromatic heterocycles. The zero-order valence-corrected chi connectivity index (χ0v) is 18.0. The van der Waals surface area contributed by atoms with Gasteiger partial charge in [0.2, 0.25) is 0 Å². The zero-order chi connectivity index (χ0) is 21.3. The standard InChI is InChI=1S/C23H30O5/c1-14(2)26-18-13-17(27-20(24)22(3,4)5)15-11-9-10-12-16(15)19(18)28-21(25)23(6,7)8/h9-14H,1-8H3. The summed E-state index contributed by atoms with van der Waals surface area (Å²) in [4.78, 5) is 25.0. The predicted octanol–water partition coefficient (Wildman–Crippen LogP) is 5.53. The number of esters is 2. The van der Waals surface area contributed by atoms with Crippen LogP contribution in [0.1, 0.15) is 55.4 Å². The average molecular weight is 386 g/mol. The largest absolute Gasteiger partial charge is 0.487 e. The van der Waals surface area contributed by atoms with Crippen LogP contribution in [0.2, 0.25) is 0 Å². The van der Waals surface area contributed by atoms with Gasteiger partial charge >= 0.3 is 11.9 Å². The molecule has 0 unspecified atom stereocenters. The van der Waals surface area contributed by atoms with E-state index in [4.69, 9.17) is 14.2 Å². The van der Waals surface area contributed by atoms with Crippen molar-refractivity contribution in [1.82, 2.24) is 0 Å². The van der Waals surface area contributed by atoms with Gasteiger partial charge in [0.1, 0.15) is 5.75 Å². The van der Waals surface area contributed by atoms with Crippen molar-refractivity contribution in [2.24, 2.45) is 10.8 Å². The van der Waals surface area contributed by atoms with Crippen LogP contribution < -0.4 is 14.2 Å². The van der Waals surface area contributed by atoms with Crippen LogP contribution in [0.4, 0.5) is 0 Å². The Morgan fingerprint density at radius 2 is 1.29 bits per heavy atom. The van der Waals surface area contributed by atoms with Crippen LogP contribution >= 0.6 is 0 Å². The lowest BCUT2D eigenvalue weighted by Gasteiger charge is -2.22. The molecule has 0 heterocycles. The van der Waals surface area contributed by atoms with Gasteiger partial charge < -0.3 is 14.2 Å². The van der Waals surface area contributed by atoms with E-state index < -0.39 is 10.8 Å². The topological polar surface area (TPSA) is 61.8 Å². The fraction of sp³-hybridized carbons (Fsp3) is 0.478. The summed E-state index contributed by atoms with van der Waals surface area (Å²) in [6.45, 7) is 14.5. The van der Waals surface area contributed by atoms with Crippen LogP contribution in [0.3, 0.4) is 0 Å².